The van der Waals surface area contributed by atoms with Crippen molar-refractivity contribution in [2.24, 2.45) is 0 Å². The van der Waals surface area contributed by atoms with Crippen LogP contribution in [0.15, 0.2) is 77.7 Å². The molecule has 0 aliphatic carbocycles. The van der Waals surface area contributed by atoms with Gasteiger partial charge in [0.25, 0.3) is 5.91 Å². The van der Waals surface area contributed by atoms with Crippen molar-refractivity contribution in [1.82, 2.24) is 15.1 Å². The number of piperidine rings is 1. The molecule has 1 N–H and O–H groups in total. The van der Waals surface area contributed by atoms with Gasteiger partial charge in [-0.15, -0.1) is 0 Å². The Hall–Kier alpha value is -3.63. The number of hydrogen-bond acceptors (Lipinski definition) is 5. The van der Waals surface area contributed by atoms with Crippen molar-refractivity contribution in [2.45, 2.75) is 62.6 Å². The summed E-state index contributed by atoms with van der Waals surface area (Å²) in [5.41, 5.74) is 1.76. The van der Waals surface area contributed by atoms with E-state index in [1.54, 1.807) is 12.1 Å². The number of likely N-dealkylation sites (tertiary alicyclic amines) is 1. The van der Waals surface area contributed by atoms with E-state index in [1.165, 1.54) is 18.2 Å². The van der Waals surface area contributed by atoms with Gasteiger partial charge in [-0.05, 0) is 74.6 Å². The molecule has 10 heteroatoms. The minimum atomic E-state index is -3.29. The van der Waals surface area contributed by atoms with E-state index in [9.17, 15) is 26.8 Å². The number of benzene rings is 3. The van der Waals surface area contributed by atoms with Gasteiger partial charge in [-0.2, -0.15) is 0 Å². The first-order valence-electron chi connectivity index (χ1n) is 14.6. The highest BCUT2D eigenvalue weighted by Crippen LogP contribution is 2.26. The van der Waals surface area contributed by atoms with Crippen molar-refractivity contribution in [3.8, 4) is 0 Å². The Bertz CT molecular complexity index is 1510. The normalized spacial score (nSPS) is 15.9. The zero-order chi connectivity index (χ0) is 31.1. The Morgan fingerprint density at radius 3 is 2.21 bits per heavy atom. The van der Waals surface area contributed by atoms with E-state index in [4.69, 9.17) is 0 Å². The SMILES string of the molecule is CCN(C(=O)Cc1ccc(S(C)(=O)=O)cc1)C1CCN(C(C)C[C@H](NC(=O)c2ccc(F)c(F)c2)c2ccccc2)CC1. The lowest BCUT2D eigenvalue weighted by Gasteiger charge is -2.41. The van der Waals surface area contributed by atoms with Gasteiger partial charge in [0, 0.05) is 43.5 Å². The van der Waals surface area contributed by atoms with E-state index in [2.05, 4.69) is 17.1 Å². The molecule has 0 bridgehead atoms. The van der Waals surface area contributed by atoms with Gasteiger partial charge in [-0.3, -0.25) is 9.59 Å². The number of carbonyl (C=O) groups excluding carboxylic acids is 2. The van der Waals surface area contributed by atoms with Crippen LogP contribution in [-0.2, 0) is 21.1 Å². The van der Waals surface area contributed by atoms with Crippen LogP contribution in [0.25, 0.3) is 0 Å². The molecule has 230 valence electrons. The highest BCUT2D eigenvalue weighted by molar-refractivity contribution is 7.90. The molecule has 2 atom stereocenters. The summed E-state index contributed by atoms with van der Waals surface area (Å²) >= 11 is 0. The third kappa shape index (κ3) is 8.48. The molecule has 0 spiro atoms. The summed E-state index contributed by atoms with van der Waals surface area (Å²) in [6, 6.07) is 19.1. The van der Waals surface area contributed by atoms with Crippen LogP contribution in [0.2, 0.25) is 0 Å². The number of amides is 2. The molecule has 2 amide bonds. The molecule has 1 aliphatic rings. The van der Waals surface area contributed by atoms with Gasteiger partial charge >= 0.3 is 0 Å². The van der Waals surface area contributed by atoms with Crippen molar-refractivity contribution in [3.05, 3.63) is 101 Å². The average molecular weight is 612 g/mol. The second-order valence-corrected chi connectivity index (χ2v) is 13.2. The summed E-state index contributed by atoms with van der Waals surface area (Å²) in [6.07, 6.45) is 3.62. The Morgan fingerprint density at radius 1 is 0.977 bits per heavy atom. The quantitative estimate of drug-likeness (QED) is 0.323. The standard InChI is InChI=1S/C33H39F2N3O4S/c1-4-38(32(39)21-24-10-13-28(14-11-24)43(3,41)42)27-16-18-37(19-17-27)23(2)20-31(25-8-6-5-7-9-25)36-33(40)26-12-15-29(34)30(35)22-26/h5-15,22-23,27,31H,4,16-21H2,1-3H3,(H,36,40)/t23?,31-/m0/s1. The molecule has 0 saturated carbocycles. The smallest absolute Gasteiger partial charge is 0.251 e. The van der Waals surface area contributed by atoms with Crippen LogP contribution in [0.4, 0.5) is 8.78 Å². The number of likely N-dealkylation sites (N-methyl/N-ethyl adjacent to an activating group) is 1. The van der Waals surface area contributed by atoms with Crippen molar-refractivity contribution in [3.63, 3.8) is 0 Å². The fourth-order valence-corrected chi connectivity index (χ4v) is 6.37. The van der Waals surface area contributed by atoms with Gasteiger partial charge in [0.05, 0.1) is 17.4 Å². The first kappa shape index (κ1) is 32.3. The van der Waals surface area contributed by atoms with Crippen molar-refractivity contribution in [1.29, 1.82) is 0 Å². The topological polar surface area (TPSA) is 86.8 Å². The van der Waals surface area contributed by atoms with Crippen LogP contribution in [0, 0.1) is 11.6 Å². The van der Waals surface area contributed by atoms with Crippen LogP contribution in [0.5, 0.6) is 0 Å². The van der Waals surface area contributed by atoms with Gasteiger partial charge in [0.2, 0.25) is 5.91 Å². The first-order valence-corrected chi connectivity index (χ1v) is 16.5. The zero-order valence-corrected chi connectivity index (χ0v) is 25.6. The molecule has 7 nitrogen and oxygen atoms in total. The monoisotopic (exact) mass is 611 g/mol. The largest absolute Gasteiger partial charge is 0.345 e. The van der Waals surface area contributed by atoms with Gasteiger partial charge in [0.1, 0.15) is 0 Å². The second-order valence-electron chi connectivity index (χ2n) is 11.2. The van der Waals surface area contributed by atoms with Crippen molar-refractivity contribution >= 4 is 21.7 Å². The summed E-state index contributed by atoms with van der Waals surface area (Å²) in [4.78, 5) is 30.7. The van der Waals surface area contributed by atoms with E-state index in [-0.39, 0.29) is 40.9 Å². The molecule has 1 unspecified atom stereocenters. The van der Waals surface area contributed by atoms with E-state index in [0.717, 1.165) is 55.4 Å². The minimum Gasteiger partial charge on any atom is -0.345 e. The summed E-state index contributed by atoms with van der Waals surface area (Å²) in [5, 5.41) is 3.01. The fourth-order valence-electron chi connectivity index (χ4n) is 5.74. The van der Waals surface area contributed by atoms with E-state index >= 15 is 0 Å². The second kappa shape index (κ2) is 14.2. The number of nitrogens with zero attached hydrogens (tertiary/aromatic N) is 2. The lowest BCUT2D eigenvalue weighted by molar-refractivity contribution is -0.133. The van der Waals surface area contributed by atoms with Gasteiger partial charge < -0.3 is 15.1 Å². The lowest BCUT2D eigenvalue weighted by Crippen LogP contribution is -2.50. The van der Waals surface area contributed by atoms with Crippen LogP contribution in [-0.4, -0.2) is 68.0 Å². The Balaban J connectivity index is 1.36. The predicted octanol–water partition coefficient (Wildman–Crippen LogP) is 5.17. The number of nitrogens with one attached hydrogen (secondary N) is 1. The molecule has 1 aliphatic heterocycles. The fraction of sp³-hybridized carbons (Fsp3) is 0.394. The highest BCUT2D eigenvalue weighted by Gasteiger charge is 2.30. The van der Waals surface area contributed by atoms with Crippen LogP contribution >= 0.6 is 0 Å². The molecule has 43 heavy (non-hydrogen) atoms. The molecule has 1 heterocycles. The lowest BCUT2D eigenvalue weighted by atomic mass is 9.95. The highest BCUT2D eigenvalue weighted by atomic mass is 32.2. The summed E-state index contributed by atoms with van der Waals surface area (Å²) in [7, 11) is -3.29. The van der Waals surface area contributed by atoms with Gasteiger partial charge in [-0.1, -0.05) is 42.5 Å². The first-order chi connectivity index (χ1) is 20.5. The average Bonchev–Trinajstić information content (AvgIpc) is 2.99. The Labute approximate surface area is 252 Å². The summed E-state index contributed by atoms with van der Waals surface area (Å²) < 4.78 is 50.7. The maximum atomic E-state index is 13.8. The Kier molecular flexibility index (Phi) is 10.7. The van der Waals surface area contributed by atoms with E-state index in [0.29, 0.717) is 13.0 Å². The number of halogens is 2. The summed E-state index contributed by atoms with van der Waals surface area (Å²) in [6.45, 7) is 6.25. The minimum absolute atomic E-state index is 0.0187. The number of rotatable bonds is 11. The third-order valence-electron chi connectivity index (χ3n) is 8.20. The predicted molar refractivity (Wildman–Crippen MR) is 162 cm³/mol. The maximum Gasteiger partial charge on any atom is 0.251 e. The van der Waals surface area contributed by atoms with E-state index < -0.39 is 27.4 Å². The van der Waals surface area contributed by atoms with Crippen LogP contribution in [0.1, 0.15) is 60.6 Å². The molecule has 1 saturated heterocycles. The molecular weight excluding hydrogens is 572 g/mol. The third-order valence-corrected chi connectivity index (χ3v) is 9.33. The Morgan fingerprint density at radius 2 is 1.63 bits per heavy atom. The molecule has 0 radical (unpaired) electrons. The van der Waals surface area contributed by atoms with Crippen molar-refractivity contribution < 1.29 is 26.8 Å². The van der Waals surface area contributed by atoms with Gasteiger partial charge in [-0.25, -0.2) is 17.2 Å². The van der Waals surface area contributed by atoms with Crippen LogP contribution in [0.3, 0.4) is 0 Å². The van der Waals surface area contributed by atoms with Gasteiger partial charge in [0.15, 0.2) is 21.5 Å². The summed E-state index contributed by atoms with van der Waals surface area (Å²) in [5.74, 6) is -2.52. The molecule has 4 rings (SSSR count). The van der Waals surface area contributed by atoms with Crippen molar-refractivity contribution in [2.75, 3.05) is 25.9 Å². The molecule has 3 aromatic carbocycles. The molecule has 1 fully saturated rings. The number of hydrogen-bond donors (Lipinski definition) is 1. The number of sulfone groups is 1. The molecular formula is C33H39F2N3O4S. The zero-order valence-electron chi connectivity index (χ0n) is 24.8. The maximum absolute atomic E-state index is 13.8. The van der Waals surface area contributed by atoms with Crippen LogP contribution < -0.4 is 5.32 Å². The molecule has 3 aromatic rings. The molecule has 0 aromatic heterocycles. The van der Waals surface area contributed by atoms with E-state index in [1.807, 2.05) is 42.2 Å². The number of carbonyl (C=O) groups is 2.